The van der Waals surface area contributed by atoms with E-state index in [1.54, 1.807) is 18.5 Å². The van der Waals surface area contributed by atoms with E-state index in [0.29, 0.717) is 11.1 Å². The van der Waals surface area contributed by atoms with Crippen molar-refractivity contribution in [2.24, 2.45) is 0 Å². The Morgan fingerprint density at radius 1 is 1.06 bits per heavy atom. The van der Waals surface area contributed by atoms with Crippen molar-refractivity contribution in [2.75, 3.05) is 11.9 Å². The second-order valence-electron chi connectivity index (χ2n) is 3.69. The molecule has 0 aliphatic rings. The fourth-order valence-electron chi connectivity index (χ4n) is 1.47. The van der Waals surface area contributed by atoms with Crippen LogP contribution in [0.3, 0.4) is 0 Å². The second kappa shape index (κ2) is 6.66. The van der Waals surface area contributed by atoms with Gasteiger partial charge in [-0.3, -0.25) is 0 Å². The van der Waals surface area contributed by atoms with Crippen molar-refractivity contribution in [1.29, 1.82) is 0 Å². The zero-order chi connectivity index (χ0) is 12.6. The Hall–Kier alpha value is -2.01. The van der Waals surface area contributed by atoms with Crippen LogP contribution in [0, 0.1) is 0 Å². The number of rotatable bonds is 4. The van der Waals surface area contributed by atoms with E-state index in [4.69, 9.17) is 12.2 Å². The van der Waals surface area contributed by atoms with Crippen molar-refractivity contribution in [2.45, 2.75) is 6.42 Å². The first-order valence-corrected chi connectivity index (χ1v) is 6.11. The van der Waals surface area contributed by atoms with Gasteiger partial charge >= 0.3 is 0 Å². The monoisotopic (exact) mass is 258 g/mol. The van der Waals surface area contributed by atoms with Crippen LogP contribution >= 0.6 is 12.2 Å². The number of aromatic nitrogens is 2. The summed E-state index contributed by atoms with van der Waals surface area (Å²) in [6.45, 7) is 0.780. The van der Waals surface area contributed by atoms with Crippen molar-refractivity contribution in [3.05, 3.63) is 54.4 Å². The summed E-state index contributed by atoms with van der Waals surface area (Å²) < 4.78 is 0. The van der Waals surface area contributed by atoms with Crippen LogP contribution in [0.25, 0.3) is 0 Å². The van der Waals surface area contributed by atoms with Crippen molar-refractivity contribution in [3.8, 4) is 0 Å². The molecule has 0 amide bonds. The Labute approximate surface area is 111 Å². The van der Waals surface area contributed by atoms with E-state index in [1.807, 2.05) is 18.2 Å². The number of nitrogens with zero attached hydrogens (tertiary/aromatic N) is 2. The van der Waals surface area contributed by atoms with Gasteiger partial charge in [-0.05, 0) is 30.3 Å². The van der Waals surface area contributed by atoms with E-state index >= 15 is 0 Å². The normalized spacial score (nSPS) is 9.78. The van der Waals surface area contributed by atoms with Gasteiger partial charge in [0.1, 0.15) is 0 Å². The number of benzene rings is 1. The van der Waals surface area contributed by atoms with E-state index in [0.717, 1.165) is 13.0 Å². The maximum absolute atomic E-state index is 5.15. The third kappa shape index (κ3) is 4.10. The van der Waals surface area contributed by atoms with Crippen LogP contribution in [-0.2, 0) is 6.42 Å². The Morgan fingerprint density at radius 3 is 2.50 bits per heavy atom. The molecule has 0 bridgehead atoms. The quantitative estimate of drug-likeness (QED) is 0.822. The predicted octanol–water partition coefficient (Wildman–Crippen LogP) is 2.01. The SMILES string of the molecule is S=C(NCCc1ccccc1)Nc1ncccn1. The third-order valence-electron chi connectivity index (χ3n) is 2.33. The van der Waals surface area contributed by atoms with E-state index < -0.39 is 0 Å². The topological polar surface area (TPSA) is 49.8 Å². The molecular weight excluding hydrogens is 244 g/mol. The summed E-state index contributed by atoms with van der Waals surface area (Å²) in [4.78, 5) is 8.07. The van der Waals surface area contributed by atoms with Gasteiger partial charge in [-0.25, -0.2) is 9.97 Å². The molecule has 2 aromatic rings. The lowest BCUT2D eigenvalue weighted by Gasteiger charge is -2.08. The van der Waals surface area contributed by atoms with Gasteiger partial charge in [-0.1, -0.05) is 30.3 Å². The fraction of sp³-hybridized carbons (Fsp3) is 0.154. The molecule has 18 heavy (non-hydrogen) atoms. The maximum Gasteiger partial charge on any atom is 0.228 e. The Balaban J connectivity index is 1.73. The van der Waals surface area contributed by atoms with E-state index in [2.05, 4.69) is 32.7 Å². The molecule has 2 N–H and O–H groups in total. The molecule has 0 spiro atoms. The first-order valence-electron chi connectivity index (χ1n) is 5.70. The molecule has 1 heterocycles. The van der Waals surface area contributed by atoms with E-state index in [-0.39, 0.29) is 0 Å². The minimum absolute atomic E-state index is 0.509. The fourth-order valence-corrected chi connectivity index (χ4v) is 1.67. The Kier molecular flexibility index (Phi) is 4.60. The summed E-state index contributed by atoms with van der Waals surface area (Å²) in [5.41, 5.74) is 1.28. The molecule has 5 heteroatoms. The minimum Gasteiger partial charge on any atom is -0.362 e. The van der Waals surface area contributed by atoms with Gasteiger partial charge in [0.15, 0.2) is 5.11 Å². The zero-order valence-electron chi connectivity index (χ0n) is 9.84. The number of hydrogen-bond donors (Lipinski definition) is 2. The largest absolute Gasteiger partial charge is 0.362 e. The van der Waals surface area contributed by atoms with Crippen molar-refractivity contribution >= 4 is 23.3 Å². The van der Waals surface area contributed by atoms with Crippen LogP contribution in [-0.4, -0.2) is 21.6 Å². The Morgan fingerprint density at radius 2 is 1.78 bits per heavy atom. The summed E-state index contributed by atoms with van der Waals surface area (Å²) in [6.07, 6.45) is 4.27. The van der Waals surface area contributed by atoms with Crippen molar-refractivity contribution in [3.63, 3.8) is 0 Å². The van der Waals surface area contributed by atoms with Crippen molar-refractivity contribution in [1.82, 2.24) is 15.3 Å². The molecule has 0 saturated carbocycles. The van der Waals surface area contributed by atoms with Crippen LogP contribution in [0.5, 0.6) is 0 Å². The highest BCUT2D eigenvalue weighted by Crippen LogP contribution is 1.98. The molecule has 4 nitrogen and oxygen atoms in total. The molecule has 0 aliphatic heterocycles. The summed E-state index contributed by atoms with van der Waals surface area (Å²) >= 11 is 5.15. The molecule has 0 saturated heterocycles. The zero-order valence-corrected chi connectivity index (χ0v) is 10.7. The maximum atomic E-state index is 5.15. The third-order valence-corrected chi connectivity index (χ3v) is 2.58. The number of hydrogen-bond acceptors (Lipinski definition) is 3. The van der Waals surface area contributed by atoms with Gasteiger partial charge in [0.2, 0.25) is 5.95 Å². The molecule has 1 aromatic heterocycles. The van der Waals surface area contributed by atoms with Gasteiger partial charge in [-0.15, -0.1) is 0 Å². The Bertz CT molecular complexity index is 487. The van der Waals surface area contributed by atoms with Crippen molar-refractivity contribution < 1.29 is 0 Å². The van der Waals surface area contributed by atoms with E-state index in [9.17, 15) is 0 Å². The van der Waals surface area contributed by atoms with Gasteiger partial charge in [0.05, 0.1) is 0 Å². The first kappa shape index (κ1) is 12.4. The average molecular weight is 258 g/mol. The van der Waals surface area contributed by atoms with Crippen LogP contribution in [0.1, 0.15) is 5.56 Å². The van der Waals surface area contributed by atoms with Gasteiger partial charge in [0, 0.05) is 18.9 Å². The lowest BCUT2D eigenvalue weighted by Crippen LogP contribution is -2.30. The first-order chi connectivity index (χ1) is 8.84. The lowest BCUT2D eigenvalue weighted by molar-refractivity contribution is 0.872. The average Bonchev–Trinajstić information content (AvgIpc) is 2.41. The minimum atomic E-state index is 0.509. The number of anilines is 1. The summed E-state index contributed by atoms with van der Waals surface area (Å²) in [5, 5.41) is 6.59. The highest BCUT2D eigenvalue weighted by molar-refractivity contribution is 7.80. The summed E-state index contributed by atoms with van der Waals surface area (Å²) in [6, 6.07) is 12.0. The highest BCUT2D eigenvalue weighted by Gasteiger charge is 1.98. The predicted molar refractivity (Wildman–Crippen MR) is 76.4 cm³/mol. The lowest BCUT2D eigenvalue weighted by atomic mass is 10.1. The summed E-state index contributed by atoms with van der Waals surface area (Å²) in [5.74, 6) is 0.509. The van der Waals surface area contributed by atoms with Crippen LogP contribution < -0.4 is 10.6 Å². The van der Waals surface area contributed by atoms with Gasteiger partial charge in [-0.2, -0.15) is 0 Å². The number of nitrogens with one attached hydrogen (secondary N) is 2. The molecule has 92 valence electrons. The second-order valence-corrected chi connectivity index (χ2v) is 4.10. The molecular formula is C13H14N4S. The molecule has 1 aromatic carbocycles. The molecule has 0 atom stereocenters. The highest BCUT2D eigenvalue weighted by atomic mass is 32.1. The molecule has 0 fully saturated rings. The summed E-state index contributed by atoms with van der Waals surface area (Å²) in [7, 11) is 0. The van der Waals surface area contributed by atoms with Crippen LogP contribution in [0.2, 0.25) is 0 Å². The molecule has 0 aliphatic carbocycles. The molecule has 2 rings (SSSR count). The van der Waals surface area contributed by atoms with Crippen LogP contribution in [0.4, 0.5) is 5.95 Å². The molecule has 0 radical (unpaired) electrons. The van der Waals surface area contributed by atoms with Gasteiger partial charge in [0.25, 0.3) is 0 Å². The number of thiocarbonyl (C=S) groups is 1. The van der Waals surface area contributed by atoms with E-state index in [1.165, 1.54) is 5.56 Å². The van der Waals surface area contributed by atoms with Gasteiger partial charge < -0.3 is 10.6 Å². The van der Waals surface area contributed by atoms with Crippen LogP contribution in [0.15, 0.2) is 48.8 Å². The smallest absolute Gasteiger partial charge is 0.228 e. The molecule has 0 unspecified atom stereocenters. The standard InChI is InChI=1S/C13H14N4S/c18-13(17-12-14-8-4-9-15-12)16-10-7-11-5-2-1-3-6-11/h1-6,8-9H,7,10H2,(H2,14,15,16,17,18).